The number of ether oxygens (including phenoxy) is 1. The highest BCUT2D eigenvalue weighted by Gasteiger charge is 2.31. The average Bonchev–Trinajstić information content (AvgIpc) is 2.65. The molecule has 1 N–H and O–H groups in total. The van der Waals surface area contributed by atoms with E-state index in [0.717, 1.165) is 12.2 Å². The molecule has 0 amide bonds. The van der Waals surface area contributed by atoms with Crippen LogP contribution in [0.25, 0.3) is 0 Å². The van der Waals surface area contributed by atoms with Crippen molar-refractivity contribution in [3.05, 3.63) is 29.8 Å². The van der Waals surface area contributed by atoms with E-state index < -0.39 is 10.2 Å². The van der Waals surface area contributed by atoms with Crippen molar-refractivity contribution >= 4 is 21.9 Å². The molecule has 0 aromatic heterocycles. The summed E-state index contributed by atoms with van der Waals surface area (Å²) in [5, 5.41) is 0. The Morgan fingerprint density at radius 2 is 2.00 bits per heavy atom. The van der Waals surface area contributed by atoms with Gasteiger partial charge in [-0.05, 0) is 51.3 Å². The van der Waals surface area contributed by atoms with Crippen molar-refractivity contribution in [3.63, 3.8) is 0 Å². The van der Waals surface area contributed by atoms with Crippen molar-refractivity contribution in [1.29, 1.82) is 0 Å². The molecule has 0 spiro atoms. The molecule has 0 unspecified atom stereocenters. The molecule has 152 valence electrons. The quantitative estimate of drug-likeness (QED) is 0.644. The maximum Gasteiger partial charge on any atom is 0.309 e. The molecule has 2 rings (SSSR count). The Morgan fingerprint density at radius 1 is 1.30 bits per heavy atom. The lowest BCUT2D eigenvalue weighted by Gasteiger charge is -2.30. The third-order valence-corrected chi connectivity index (χ3v) is 6.44. The van der Waals surface area contributed by atoms with Crippen LogP contribution in [0.3, 0.4) is 0 Å². The highest BCUT2D eigenvalue weighted by molar-refractivity contribution is 7.87. The molecule has 1 heterocycles. The van der Waals surface area contributed by atoms with Crippen LogP contribution < -0.4 is 9.62 Å². The number of benzene rings is 1. The highest BCUT2D eigenvalue weighted by atomic mass is 32.2. The van der Waals surface area contributed by atoms with Gasteiger partial charge in [0.15, 0.2) is 0 Å². The van der Waals surface area contributed by atoms with E-state index in [9.17, 15) is 13.2 Å². The van der Waals surface area contributed by atoms with Crippen LogP contribution >= 0.6 is 0 Å². The lowest BCUT2D eigenvalue weighted by atomic mass is 9.98. The first kappa shape index (κ1) is 21.7. The second kappa shape index (κ2) is 10.1. The van der Waals surface area contributed by atoms with Crippen LogP contribution in [0.1, 0.15) is 32.3 Å². The van der Waals surface area contributed by atoms with Crippen molar-refractivity contribution in [2.24, 2.45) is 5.92 Å². The lowest BCUT2D eigenvalue weighted by molar-refractivity contribution is -0.149. The molecule has 1 aromatic rings. The van der Waals surface area contributed by atoms with Crippen LogP contribution in [0.15, 0.2) is 24.3 Å². The summed E-state index contributed by atoms with van der Waals surface area (Å²) < 4.78 is 34.2. The predicted molar refractivity (Wildman–Crippen MR) is 107 cm³/mol. The largest absolute Gasteiger partial charge is 0.466 e. The lowest BCUT2D eigenvalue weighted by Crippen LogP contribution is -2.47. The first-order chi connectivity index (χ1) is 12.9. The van der Waals surface area contributed by atoms with Gasteiger partial charge < -0.3 is 9.64 Å². The number of carbonyl (C=O) groups excluding carboxylic acids is 1. The van der Waals surface area contributed by atoms with E-state index in [0.29, 0.717) is 45.6 Å². The van der Waals surface area contributed by atoms with Crippen LogP contribution in [0, 0.1) is 12.8 Å². The number of rotatable bonds is 9. The first-order valence-corrected chi connectivity index (χ1v) is 11.0. The molecule has 0 atom stereocenters. The number of hydrogen-bond acceptors (Lipinski definition) is 5. The fourth-order valence-corrected chi connectivity index (χ4v) is 4.51. The average molecular weight is 398 g/mol. The molecule has 1 saturated heterocycles. The summed E-state index contributed by atoms with van der Waals surface area (Å²) in [4.78, 5) is 13.9. The smallest absolute Gasteiger partial charge is 0.309 e. The van der Waals surface area contributed by atoms with Crippen molar-refractivity contribution in [3.8, 4) is 0 Å². The summed E-state index contributed by atoms with van der Waals surface area (Å²) in [6.45, 7) is 8.64. The Labute approximate surface area is 162 Å². The Morgan fingerprint density at radius 3 is 2.59 bits per heavy atom. The molecule has 7 nitrogen and oxygen atoms in total. The summed E-state index contributed by atoms with van der Waals surface area (Å²) in [5.74, 6) is -0.424. The molecule has 1 aliphatic heterocycles. The van der Waals surface area contributed by atoms with Crippen LogP contribution in [0.2, 0.25) is 0 Å². The minimum Gasteiger partial charge on any atom is -0.466 e. The van der Waals surface area contributed by atoms with Gasteiger partial charge in [-0.1, -0.05) is 12.1 Å². The number of esters is 1. The van der Waals surface area contributed by atoms with Gasteiger partial charge in [0, 0.05) is 38.4 Å². The zero-order valence-electron chi connectivity index (χ0n) is 16.5. The second-order valence-electron chi connectivity index (χ2n) is 6.74. The van der Waals surface area contributed by atoms with Gasteiger partial charge in [0.1, 0.15) is 0 Å². The number of hydrogen-bond donors (Lipinski definition) is 1. The number of piperidine rings is 1. The Hall–Kier alpha value is -1.64. The predicted octanol–water partition coefficient (Wildman–Crippen LogP) is 1.93. The summed E-state index contributed by atoms with van der Waals surface area (Å²) in [5.41, 5.74) is 2.27. The van der Waals surface area contributed by atoms with Crippen molar-refractivity contribution in [2.45, 2.75) is 33.6 Å². The van der Waals surface area contributed by atoms with Gasteiger partial charge in [-0.3, -0.25) is 4.79 Å². The van der Waals surface area contributed by atoms with E-state index in [4.69, 9.17) is 4.74 Å². The molecule has 1 fully saturated rings. The van der Waals surface area contributed by atoms with Crippen molar-refractivity contribution in [2.75, 3.05) is 44.2 Å². The van der Waals surface area contributed by atoms with Crippen LogP contribution in [0.5, 0.6) is 0 Å². The van der Waals surface area contributed by atoms with Gasteiger partial charge in [0.05, 0.1) is 12.5 Å². The molecule has 27 heavy (non-hydrogen) atoms. The molecule has 0 bridgehead atoms. The fourth-order valence-electron chi connectivity index (χ4n) is 3.29. The molecule has 8 heteroatoms. The third-order valence-electron chi connectivity index (χ3n) is 4.83. The van der Waals surface area contributed by atoms with E-state index in [1.807, 2.05) is 25.1 Å². The minimum absolute atomic E-state index is 0.201. The fraction of sp³-hybridized carbons (Fsp3) is 0.632. The summed E-state index contributed by atoms with van der Waals surface area (Å²) in [6, 6.07) is 8.18. The van der Waals surface area contributed by atoms with Gasteiger partial charge in [-0.15, -0.1) is 0 Å². The molecular weight excluding hydrogens is 366 g/mol. The topological polar surface area (TPSA) is 78.9 Å². The van der Waals surface area contributed by atoms with Gasteiger partial charge in [0.2, 0.25) is 0 Å². The Kier molecular flexibility index (Phi) is 8.07. The van der Waals surface area contributed by atoms with Crippen LogP contribution in [0.4, 0.5) is 5.69 Å². The van der Waals surface area contributed by atoms with E-state index in [2.05, 4.69) is 22.6 Å². The van der Waals surface area contributed by atoms with Gasteiger partial charge in [0.25, 0.3) is 10.2 Å². The molecular formula is C19H31N3O4S. The first-order valence-electron chi connectivity index (χ1n) is 9.60. The second-order valence-corrected chi connectivity index (χ2v) is 8.50. The zero-order valence-corrected chi connectivity index (χ0v) is 17.3. The third kappa shape index (κ3) is 6.19. The van der Waals surface area contributed by atoms with Crippen molar-refractivity contribution < 1.29 is 17.9 Å². The monoisotopic (exact) mass is 397 g/mol. The number of aryl methyl sites for hydroxylation is 1. The SMILES string of the molecule is CCOC(=O)C1CCN(S(=O)(=O)NCCN(CC)c2cccc(C)c2)CC1. The normalized spacial score (nSPS) is 16.3. The summed E-state index contributed by atoms with van der Waals surface area (Å²) in [6.07, 6.45) is 1.01. The Balaban J connectivity index is 1.83. The van der Waals surface area contributed by atoms with Gasteiger partial charge in [-0.2, -0.15) is 12.7 Å². The standard InChI is InChI=1S/C19H31N3O4S/c1-4-21(18-8-6-7-16(3)15-18)14-11-20-27(24,25)22-12-9-17(10-13-22)19(23)26-5-2/h6-8,15,17,20H,4-5,9-14H2,1-3H3. The molecule has 1 aliphatic rings. The maximum atomic E-state index is 12.5. The highest BCUT2D eigenvalue weighted by Crippen LogP contribution is 2.20. The van der Waals surface area contributed by atoms with Crippen LogP contribution in [-0.2, 0) is 19.7 Å². The van der Waals surface area contributed by atoms with E-state index in [-0.39, 0.29) is 11.9 Å². The zero-order chi connectivity index (χ0) is 19.9. The van der Waals surface area contributed by atoms with E-state index in [1.54, 1.807) is 6.92 Å². The summed E-state index contributed by atoms with van der Waals surface area (Å²) >= 11 is 0. The number of carbonyl (C=O) groups is 1. The molecule has 0 radical (unpaired) electrons. The summed E-state index contributed by atoms with van der Waals surface area (Å²) in [7, 11) is -3.53. The van der Waals surface area contributed by atoms with E-state index in [1.165, 1.54) is 9.87 Å². The molecule has 0 saturated carbocycles. The van der Waals surface area contributed by atoms with Gasteiger partial charge in [-0.25, -0.2) is 4.72 Å². The minimum atomic E-state index is -3.53. The Bertz CT molecular complexity index is 715. The maximum absolute atomic E-state index is 12.5. The van der Waals surface area contributed by atoms with Crippen molar-refractivity contribution in [1.82, 2.24) is 9.03 Å². The van der Waals surface area contributed by atoms with E-state index >= 15 is 0 Å². The number of anilines is 1. The number of likely N-dealkylation sites (N-methyl/N-ethyl adjacent to an activating group) is 1. The molecule has 0 aliphatic carbocycles. The van der Waals surface area contributed by atoms with Gasteiger partial charge >= 0.3 is 5.97 Å². The number of nitrogens with one attached hydrogen (secondary N) is 1. The number of nitrogens with zero attached hydrogens (tertiary/aromatic N) is 2. The van der Waals surface area contributed by atoms with Crippen LogP contribution in [-0.4, -0.2) is 58.0 Å². The molecule has 1 aromatic carbocycles.